The Morgan fingerprint density at radius 3 is 2.44 bits per heavy atom. The molecule has 1 heterocycles. The summed E-state index contributed by atoms with van der Waals surface area (Å²) in [6.45, 7) is 4.93. The fraction of sp³-hybridized carbons (Fsp3) is 0.333. The summed E-state index contributed by atoms with van der Waals surface area (Å²) < 4.78 is 31.7. The number of nitrogens with zero attached hydrogens (tertiary/aromatic N) is 2. The molecule has 2 rings (SSSR count). The van der Waals surface area contributed by atoms with Crippen molar-refractivity contribution >= 4 is 0 Å². The zero-order valence-corrected chi connectivity index (χ0v) is 10.3. The zero-order chi connectivity index (χ0) is 13.5. The third-order valence-electron chi connectivity index (χ3n) is 2.48. The quantitative estimate of drug-likeness (QED) is 0.893. The lowest BCUT2D eigenvalue weighted by Gasteiger charge is -2.11. The van der Waals surface area contributed by atoms with E-state index in [2.05, 4.69) is 10.1 Å². The first-order valence-electron chi connectivity index (χ1n) is 5.38. The van der Waals surface area contributed by atoms with Crippen molar-refractivity contribution in [1.29, 1.82) is 0 Å². The summed E-state index contributed by atoms with van der Waals surface area (Å²) in [5.74, 6) is -1.11. The highest BCUT2D eigenvalue weighted by Crippen LogP contribution is 2.25. The number of halogens is 2. The van der Waals surface area contributed by atoms with Crippen molar-refractivity contribution in [3.8, 4) is 11.5 Å². The average molecular weight is 253 g/mol. The maximum atomic E-state index is 13.6. The van der Waals surface area contributed by atoms with Crippen LogP contribution in [0.3, 0.4) is 0 Å². The van der Waals surface area contributed by atoms with Gasteiger partial charge in [0.2, 0.25) is 0 Å². The zero-order valence-electron chi connectivity index (χ0n) is 10.3. The van der Waals surface area contributed by atoms with Gasteiger partial charge in [-0.2, -0.15) is 4.98 Å². The summed E-state index contributed by atoms with van der Waals surface area (Å²) in [6, 6.07) is 2.12. The van der Waals surface area contributed by atoms with E-state index in [0.29, 0.717) is 5.56 Å². The van der Waals surface area contributed by atoms with E-state index in [9.17, 15) is 8.78 Å². The molecule has 1 aromatic carbocycles. The molecular formula is C12H13F2N3O. The third-order valence-corrected chi connectivity index (χ3v) is 2.48. The first kappa shape index (κ1) is 12.6. The first-order chi connectivity index (χ1) is 8.29. The molecule has 0 bridgehead atoms. The molecule has 0 unspecified atom stereocenters. The molecule has 2 N–H and O–H groups in total. The minimum Gasteiger partial charge on any atom is -0.334 e. The molecule has 0 saturated heterocycles. The Bertz CT molecular complexity index is 587. The van der Waals surface area contributed by atoms with E-state index in [1.807, 2.05) is 0 Å². The molecule has 0 aliphatic heterocycles. The van der Waals surface area contributed by atoms with Gasteiger partial charge >= 0.3 is 0 Å². The van der Waals surface area contributed by atoms with Crippen molar-refractivity contribution in [2.24, 2.45) is 5.73 Å². The van der Waals surface area contributed by atoms with Crippen molar-refractivity contribution in [3.63, 3.8) is 0 Å². The summed E-state index contributed by atoms with van der Waals surface area (Å²) in [6.07, 6.45) is 0. The lowest BCUT2D eigenvalue weighted by Crippen LogP contribution is -2.30. The van der Waals surface area contributed by atoms with Gasteiger partial charge in [0, 0.05) is 6.07 Å². The van der Waals surface area contributed by atoms with E-state index in [4.69, 9.17) is 10.3 Å². The largest absolute Gasteiger partial charge is 0.334 e. The lowest BCUT2D eigenvalue weighted by molar-refractivity contribution is 0.395. The number of benzene rings is 1. The van der Waals surface area contributed by atoms with Gasteiger partial charge in [-0.1, -0.05) is 5.16 Å². The standard InChI is InChI=1S/C12H13F2N3O/c1-6-4-7(9(14)5-8(6)13)10-16-11(17-18-10)12(2,3)15/h4-5H,15H2,1-3H3. The minimum absolute atomic E-state index is 0.0101. The maximum absolute atomic E-state index is 13.6. The molecule has 1 aromatic heterocycles. The molecule has 4 nitrogen and oxygen atoms in total. The van der Waals surface area contributed by atoms with Crippen LogP contribution in [0, 0.1) is 18.6 Å². The van der Waals surface area contributed by atoms with Gasteiger partial charge in [-0.3, -0.25) is 0 Å². The van der Waals surface area contributed by atoms with Crippen molar-refractivity contribution in [2.75, 3.05) is 0 Å². The fourth-order valence-corrected chi connectivity index (χ4v) is 1.42. The van der Waals surface area contributed by atoms with Gasteiger partial charge in [-0.15, -0.1) is 0 Å². The van der Waals surface area contributed by atoms with E-state index in [1.165, 1.54) is 13.0 Å². The highest BCUT2D eigenvalue weighted by Gasteiger charge is 2.23. The summed E-state index contributed by atoms with van der Waals surface area (Å²) in [5.41, 5.74) is 5.39. The molecule has 0 radical (unpaired) electrons. The number of aryl methyl sites for hydroxylation is 1. The molecule has 0 amide bonds. The molecule has 0 aliphatic carbocycles. The van der Waals surface area contributed by atoms with Crippen molar-refractivity contribution in [3.05, 3.63) is 35.2 Å². The SMILES string of the molecule is Cc1cc(-c2nc(C(C)(C)N)no2)c(F)cc1F. The summed E-state index contributed by atoms with van der Waals surface area (Å²) in [7, 11) is 0. The summed E-state index contributed by atoms with van der Waals surface area (Å²) in [4.78, 5) is 4.02. The number of aromatic nitrogens is 2. The fourth-order valence-electron chi connectivity index (χ4n) is 1.42. The normalized spacial score (nSPS) is 11.9. The van der Waals surface area contributed by atoms with Gasteiger partial charge < -0.3 is 10.3 Å². The number of hydrogen-bond donors (Lipinski definition) is 1. The second-order valence-electron chi connectivity index (χ2n) is 4.73. The predicted octanol–water partition coefficient (Wildman–Crippen LogP) is 2.52. The Labute approximate surface area is 103 Å². The summed E-state index contributed by atoms with van der Waals surface area (Å²) >= 11 is 0. The van der Waals surface area contributed by atoms with Crippen molar-refractivity contribution < 1.29 is 13.3 Å². The van der Waals surface area contributed by atoms with Crippen LogP contribution in [-0.2, 0) is 5.54 Å². The van der Waals surface area contributed by atoms with Crippen LogP contribution in [0.1, 0.15) is 25.2 Å². The second kappa shape index (κ2) is 4.13. The van der Waals surface area contributed by atoms with Gasteiger partial charge in [0.25, 0.3) is 5.89 Å². The van der Waals surface area contributed by atoms with E-state index in [-0.39, 0.29) is 17.3 Å². The van der Waals surface area contributed by atoms with E-state index < -0.39 is 17.2 Å². The highest BCUT2D eigenvalue weighted by molar-refractivity contribution is 5.55. The molecule has 0 fully saturated rings. The lowest BCUT2D eigenvalue weighted by atomic mass is 10.1. The Hall–Kier alpha value is -1.82. The third kappa shape index (κ3) is 2.24. The van der Waals surface area contributed by atoms with Crippen LogP contribution in [0.5, 0.6) is 0 Å². The van der Waals surface area contributed by atoms with Crippen molar-refractivity contribution in [2.45, 2.75) is 26.3 Å². The number of nitrogens with two attached hydrogens (primary N) is 1. The highest BCUT2D eigenvalue weighted by atomic mass is 19.1. The number of hydrogen-bond acceptors (Lipinski definition) is 4. The van der Waals surface area contributed by atoms with Gasteiger partial charge in [-0.25, -0.2) is 8.78 Å². The van der Waals surface area contributed by atoms with Crippen LogP contribution in [0.2, 0.25) is 0 Å². The molecule has 96 valence electrons. The summed E-state index contributed by atoms with van der Waals surface area (Å²) in [5, 5.41) is 3.69. The molecule has 2 aromatic rings. The van der Waals surface area contributed by atoms with Crippen LogP contribution >= 0.6 is 0 Å². The Morgan fingerprint density at radius 2 is 1.89 bits per heavy atom. The Morgan fingerprint density at radius 1 is 1.22 bits per heavy atom. The smallest absolute Gasteiger partial charge is 0.260 e. The molecule has 0 aliphatic rings. The monoisotopic (exact) mass is 253 g/mol. The average Bonchev–Trinajstić information content (AvgIpc) is 2.72. The van der Waals surface area contributed by atoms with Crippen LogP contribution in [0.15, 0.2) is 16.7 Å². The van der Waals surface area contributed by atoms with Crippen LogP contribution in [-0.4, -0.2) is 10.1 Å². The van der Waals surface area contributed by atoms with E-state index in [0.717, 1.165) is 6.07 Å². The van der Waals surface area contributed by atoms with Gasteiger partial charge in [0.05, 0.1) is 11.1 Å². The molecule has 0 spiro atoms. The first-order valence-corrected chi connectivity index (χ1v) is 5.38. The Kier molecular flexibility index (Phi) is 2.90. The topological polar surface area (TPSA) is 64.9 Å². The van der Waals surface area contributed by atoms with Gasteiger partial charge in [0.15, 0.2) is 5.82 Å². The van der Waals surface area contributed by atoms with Crippen LogP contribution in [0.25, 0.3) is 11.5 Å². The van der Waals surface area contributed by atoms with E-state index in [1.54, 1.807) is 13.8 Å². The molecule has 6 heteroatoms. The molecule has 0 saturated carbocycles. The maximum Gasteiger partial charge on any atom is 0.260 e. The Balaban J connectivity index is 2.50. The van der Waals surface area contributed by atoms with Gasteiger partial charge in [-0.05, 0) is 32.4 Å². The van der Waals surface area contributed by atoms with Crippen molar-refractivity contribution in [1.82, 2.24) is 10.1 Å². The van der Waals surface area contributed by atoms with Gasteiger partial charge in [0.1, 0.15) is 11.6 Å². The second-order valence-corrected chi connectivity index (χ2v) is 4.73. The van der Waals surface area contributed by atoms with Crippen LogP contribution in [0.4, 0.5) is 8.78 Å². The van der Waals surface area contributed by atoms with E-state index >= 15 is 0 Å². The molecule has 18 heavy (non-hydrogen) atoms. The molecule has 0 atom stereocenters. The van der Waals surface area contributed by atoms with Crippen LogP contribution < -0.4 is 5.73 Å². The predicted molar refractivity (Wildman–Crippen MR) is 61.6 cm³/mol. The molecular weight excluding hydrogens is 240 g/mol. The minimum atomic E-state index is -0.784. The number of rotatable bonds is 2.